The number of aryl methyl sites for hydroxylation is 1. The van der Waals surface area contributed by atoms with Crippen molar-refractivity contribution in [2.45, 2.75) is 6.92 Å². The molecular weight excluding hydrogens is 636 g/mol. The van der Waals surface area contributed by atoms with Crippen molar-refractivity contribution in [1.82, 2.24) is 0 Å². The lowest BCUT2D eigenvalue weighted by Gasteiger charge is -2.19. The van der Waals surface area contributed by atoms with Crippen LogP contribution in [0, 0.1) is 17.2 Å². The molecule has 1 aromatic heterocycles. The van der Waals surface area contributed by atoms with E-state index in [-0.39, 0.29) is 0 Å². The van der Waals surface area contributed by atoms with E-state index in [1.165, 1.54) is 5.56 Å². The minimum atomic E-state index is -4.94. The molecule has 6 aromatic rings. The second-order valence-corrected chi connectivity index (χ2v) is 12.0. The minimum Gasteiger partial charge on any atom is -0.457 e. The molecule has 0 amide bonds. The Morgan fingerprint density at radius 1 is 0.633 bits per heavy atom. The molecule has 0 unspecified atom stereocenters. The predicted molar refractivity (Wildman–Crippen MR) is 185 cm³/mol. The number of ether oxygens (including phenoxy) is 1. The third-order valence-electron chi connectivity index (χ3n) is 7.71. The lowest BCUT2D eigenvalue weighted by atomic mass is 9.91. The van der Waals surface area contributed by atoms with Gasteiger partial charge in [-0.25, -0.2) is 23.1 Å². The van der Waals surface area contributed by atoms with Crippen LogP contribution in [-0.4, -0.2) is 0 Å². The van der Waals surface area contributed by atoms with Gasteiger partial charge >= 0.3 is 11.3 Å². The zero-order chi connectivity index (χ0) is 34.2. The van der Waals surface area contributed by atoms with Crippen LogP contribution in [0.5, 0.6) is 5.75 Å². The maximum atomic E-state index is 8.49. The Balaban J connectivity index is 0.000000778. The standard InChI is InChI=1S/C42H31O2.ClHO4/c1-30-21-25-40-37(27-30)38(42(33-17-9-4-10-18-33)41(44-40)26-23-32-15-7-3-8-16-32)29-34-28-35(24-22-31-13-5-2-6-14-31)43-39-20-12-11-19-36(34)39;2-1(3,4)5/h2-29H,1H3;(H,2,3,4,5)/q+1;/p-1. The Kier molecular flexibility index (Phi) is 10.3. The van der Waals surface area contributed by atoms with Gasteiger partial charge in [-0.15, -0.1) is 10.2 Å². The first-order valence-corrected chi connectivity index (χ1v) is 16.7. The summed E-state index contributed by atoms with van der Waals surface area (Å²) in [5.41, 5.74) is 9.60. The molecule has 7 rings (SSSR count). The third kappa shape index (κ3) is 8.86. The Morgan fingerprint density at radius 3 is 1.86 bits per heavy atom. The van der Waals surface area contributed by atoms with Crippen molar-refractivity contribution in [1.29, 1.82) is 0 Å². The summed E-state index contributed by atoms with van der Waals surface area (Å²) in [5, 5.41) is 1.06. The topological polar surface area (TPSA) is 113 Å². The monoisotopic (exact) mass is 666 g/mol. The van der Waals surface area contributed by atoms with E-state index in [4.69, 9.17) is 27.8 Å². The van der Waals surface area contributed by atoms with Gasteiger partial charge in [0.2, 0.25) is 0 Å². The second kappa shape index (κ2) is 15.1. The highest BCUT2D eigenvalue weighted by atomic mass is 35.7. The van der Waals surface area contributed by atoms with Gasteiger partial charge in [-0.2, -0.15) is 0 Å². The maximum Gasteiger partial charge on any atom is 0.362 e. The quantitative estimate of drug-likeness (QED) is 0.184. The van der Waals surface area contributed by atoms with E-state index in [0.29, 0.717) is 0 Å². The average molecular weight is 667 g/mol. The lowest BCUT2D eigenvalue weighted by molar-refractivity contribution is -2.00. The second-order valence-electron chi connectivity index (χ2n) is 11.2. The molecule has 0 aliphatic carbocycles. The molecule has 242 valence electrons. The summed E-state index contributed by atoms with van der Waals surface area (Å²) in [6.07, 6.45) is 12.7. The molecule has 5 aromatic carbocycles. The van der Waals surface area contributed by atoms with Crippen LogP contribution in [0.1, 0.15) is 33.6 Å². The normalized spacial score (nSPS) is 13.6. The summed E-state index contributed by atoms with van der Waals surface area (Å²) >= 11 is 0. The van der Waals surface area contributed by atoms with E-state index < -0.39 is 10.2 Å². The van der Waals surface area contributed by atoms with Crippen LogP contribution in [-0.2, 0) is 0 Å². The first kappa shape index (κ1) is 33.3. The van der Waals surface area contributed by atoms with Gasteiger partial charge < -0.3 is 4.74 Å². The summed E-state index contributed by atoms with van der Waals surface area (Å²) in [5.74, 6) is 2.42. The molecule has 0 N–H and O–H groups in total. The van der Waals surface area contributed by atoms with Gasteiger partial charge in [-0.05, 0) is 77.3 Å². The first-order chi connectivity index (χ1) is 23.7. The van der Waals surface area contributed by atoms with Crippen LogP contribution in [0.2, 0.25) is 0 Å². The number of hydrogen-bond donors (Lipinski definition) is 0. The molecule has 7 heteroatoms. The number of rotatable bonds is 6. The van der Waals surface area contributed by atoms with Gasteiger partial charge in [0.25, 0.3) is 0 Å². The van der Waals surface area contributed by atoms with Gasteiger partial charge in [0.05, 0.1) is 10.9 Å². The van der Waals surface area contributed by atoms with Crippen molar-refractivity contribution in [3.05, 3.63) is 185 Å². The van der Waals surface area contributed by atoms with Crippen molar-refractivity contribution < 1.29 is 38.0 Å². The fourth-order valence-electron chi connectivity index (χ4n) is 5.57. The summed E-state index contributed by atoms with van der Waals surface area (Å²) in [6.45, 7) is 2.12. The van der Waals surface area contributed by atoms with E-state index >= 15 is 0 Å². The first-order valence-electron chi connectivity index (χ1n) is 15.5. The van der Waals surface area contributed by atoms with Gasteiger partial charge in [-0.3, -0.25) is 0 Å². The van der Waals surface area contributed by atoms with Gasteiger partial charge in [0, 0.05) is 23.3 Å². The van der Waals surface area contributed by atoms with E-state index in [1.807, 2.05) is 60.7 Å². The summed E-state index contributed by atoms with van der Waals surface area (Å²) < 4.78 is 47.0. The summed E-state index contributed by atoms with van der Waals surface area (Å²) in [7, 11) is -4.94. The zero-order valence-electron chi connectivity index (χ0n) is 26.5. The van der Waals surface area contributed by atoms with Gasteiger partial charge in [0.15, 0.2) is 0 Å². The fraction of sp³-hybridized carbons (Fsp3) is 0.0238. The zero-order valence-corrected chi connectivity index (χ0v) is 27.2. The molecule has 0 saturated carbocycles. The minimum absolute atomic E-state index is 0.783. The van der Waals surface area contributed by atoms with Crippen LogP contribution in [0.3, 0.4) is 0 Å². The molecule has 1 aliphatic heterocycles. The van der Waals surface area contributed by atoms with Crippen molar-refractivity contribution in [2.75, 3.05) is 0 Å². The van der Waals surface area contributed by atoms with Crippen molar-refractivity contribution >= 4 is 40.8 Å². The smallest absolute Gasteiger partial charge is 0.362 e. The largest absolute Gasteiger partial charge is 0.457 e. The van der Waals surface area contributed by atoms with Crippen molar-refractivity contribution in [3.63, 3.8) is 0 Å². The molecular formula is C42H31ClO6. The number of halogens is 1. The highest BCUT2D eigenvalue weighted by Gasteiger charge is 2.25. The SMILES string of the molecule is Cc1ccc2[o+]c(C=Cc3ccccc3)c(-c3ccccc3)c(C=C3C=C(C=Cc4ccccc4)Oc4ccccc43)c2c1.[O-][Cl+3]([O-])([O-])[O-]. The highest BCUT2D eigenvalue weighted by Crippen LogP contribution is 2.41. The Labute approximate surface area is 286 Å². The third-order valence-corrected chi connectivity index (χ3v) is 7.71. The maximum absolute atomic E-state index is 8.49. The van der Waals surface area contributed by atoms with E-state index in [9.17, 15) is 0 Å². The molecule has 2 heterocycles. The Bertz CT molecular complexity index is 2180. The molecule has 1 aliphatic rings. The van der Waals surface area contributed by atoms with Crippen LogP contribution >= 0.6 is 0 Å². The number of hydrogen-bond acceptors (Lipinski definition) is 5. The lowest BCUT2D eigenvalue weighted by Crippen LogP contribution is -2.68. The van der Waals surface area contributed by atoms with Crippen LogP contribution < -0.4 is 23.4 Å². The number of allylic oxidation sites excluding steroid dienone is 3. The molecule has 0 atom stereocenters. The molecule has 0 bridgehead atoms. The number of benzene rings is 5. The fourth-order valence-corrected chi connectivity index (χ4v) is 5.57. The van der Waals surface area contributed by atoms with E-state index in [1.54, 1.807) is 0 Å². The molecule has 6 nitrogen and oxygen atoms in total. The summed E-state index contributed by atoms with van der Waals surface area (Å²) in [4.78, 5) is 0. The van der Waals surface area contributed by atoms with E-state index in [0.717, 1.165) is 67.2 Å². The number of para-hydroxylation sites is 1. The molecule has 0 radical (unpaired) electrons. The predicted octanol–water partition coefficient (Wildman–Crippen LogP) is 6.63. The van der Waals surface area contributed by atoms with E-state index in [2.05, 4.69) is 116 Å². The molecule has 49 heavy (non-hydrogen) atoms. The highest BCUT2D eigenvalue weighted by molar-refractivity contribution is 6.03. The average Bonchev–Trinajstić information content (AvgIpc) is 3.10. The van der Waals surface area contributed by atoms with Crippen molar-refractivity contribution in [2.24, 2.45) is 0 Å². The van der Waals surface area contributed by atoms with Crippen LogP contribution in [0.15, 0.2) is 156 Å². The Hall–Kier alpha value is -5.60. The van der Waals surface area contributed by atoms with Crippen molar-refractivity contribution in [3.8, 4) is 16.9 Å². The number of fused-ring (bicyclic) bond motifs is 2. The van der Waals surface area contributed by atoms with Gasteiger partial charge in [-0.1, -0.05) is 115 Å². The Morgan fingerprint density at radius 2 is 1.20 bits per heavy atom. The molecule has 0 fully saturated rings. The summed E-state index contributed by atoms with van der Waals surface area (Å²) in [6, 6.07) is 45.7. The molecule has 0 spiro atoms. The molecule has 0 saturated heterocycles. The van der Waals surface area contributed by atoms with Crippen LogP contribution in [0.4, 0.5) is 0 Å². The van der Waals surface area contributed by atoms with Crippen LogP contribution in [0.25, 0.3) is 52.0 Å². The van der Waals surface area contributed by atoms with Gasteiger partial charge in [0.1, 0.15) is 11.5 Å².